The van der Waals surface area contributed by atoms with Gasteiger partial charge in [0.05, 0.1) is 16.8 Å². The lowest BCUT2D eigenvalue weighted by atomic mass is 10.1. The third-order valence-corrected chi connectivity index (χ3v) is 5.26. The third kappa shape index (κ3) is 2.95. The van der Waals surface area contributed by atoms with Crippen LogP contribution in [0.1, 0.15) is 19.3 Å². The highest BCUT2D eigenvalue weighted by Crippen LogP contribution is 2.30. The second-order valence-electron chi connectivity index (χ2n) is 6.33. The number of anilines is 1. The van der Waals surface area contributed by atoms with Crippen LogP contribution in [0.25, 0.3) is 0 Å². The van der Waals surface area contributed by atoms with Crippen molar-refractivity contribution in [3.8, 4) is 0 Å². The quantitative estimate of drug-likeness (QED) is 0.848. The summed E-state index contributed by atoms with van der Waals surface area (Å²) in [6.07, 6.45) is 2.54. The van der Waals surface area contributed by atoms with Crippen LogP contribution in [0.3, 0.4) is 0 Å². The van der Waals surface area contributed by atoms with Crippen molar-refractivity contribution in [3.63, 3.8) is 0 Å². The Labute approximate surface area is 141 Å². The zero-order chi connectivity index (χ0) is 16.6. The van der Waals surface area contributed by atoms with E-state index in [9.17, 15) is 9.59 Å². The SMILES string of the molecule is CN1CCCC1C(=O)N(C)C1CCN(c2ccccc2Cl)C1=O. The van der Waals surface area contributed by atoms with Crippen molar-refractivity contribution in [2.75, 3.05) is 32.1 Å². The highest BCUT2D eigenvalue weighted by molar-refractivity contribution is 6.34. The molecule has 0 aromatic heterocycles. The number of benzene rings is 1. The van der Waals surface area contributed by atoms with E-state index in [0.717, 1.165) is 25.1 Å². The van der Waals surface area contributed by atoms with E-state index in [4.69, 9.17) is 11.6 Å². The minimum atomic E-state index is -0.396. The zero-order valence-electron chi connectivity index (χ0n) is 13.5. The second kappa shape index (κ2) is 6.49. The summed E-state index contributed by atoms with van der Waals surface area (Å²) in [7, 11) is 3.71. The summed E-state index contributed by atoms with van der Waals surface area (Å²) in [5.41, 5.74) is 0.723. The first-order chi connectivity index (χ1) is 11.0. The lowest BCUT2D eigenvalue weighted by molar-refractivity contribution is -0.140. The van der Waals surface area contributed by atoms with Crippen LogP contribution in [0.15, 0.2) is 24.3 Å². The molecule has 23 heavy (non-hydrogen) atoms. The van der Waals surface area contributed by atoms with Crippen LogP contribution in [0.4, 0.5) is 5.69 Å². The lowest BCUT2D eigenvalue weighted by Crippen LogP contribution is -2.49. The summed E-state index contributed by atoms with van der Waals surface area (Å²) < 4.78 is 0. The molecule has 0 N–H and O–H groups in total. The van der Waals surface area contributed by atoms with Crippen LogP contribution < -0.4 is 4.90 Å². The van der Waals surface area contributed by atoms with Crippen molar-refractivity contribution in [2.24, 2.45) is 0 Å². The predicted molar refractivity (Wildman–Crippen MR) is 90.6 cm³/mol. The van der Waals surface area contributed by atoms with Gasteiger partial charge < -0.3 is 9.80 Å². The highest BCUT2D eigenvalue weighted by Gasteiger charge is 2.40. The number of rotatable bonds is 3. The third-order valence-electron chi connectivity index (χ3n) is 4.94. The van der Waals surface area contributed by atoms with E-state index in [2.05, 4.69) is 4.90 Å². The first-order valence-electron chi connectivity index (χ1n) is 8.03. The molecule has 0 aliphatic carbocycles. The molecule has 3 rings (SSSR count). The summed E-state index contributed by atoms with van der Waals surface area (Å²) in [5, 5.41) is 0.561. The number of para-hydroxylation sites is 1. The van der Waals surface area contributed by atoms with Gasteiger partial charge >= 0.3 is 0 Å². The van der Waals surface area contributed by atoms with Crippen molar-refractivity contribution < 1.29 is 9.59 Å². The molecule has 2 fully saturated rings. The Morgan fingerprint density at radius 3 is 2.65 bits per heavy atom. The fraction of sp³-hybridized carbons (Fsp3) is 0.529. The van der Waals surface area contributed by atoms with Crippen LogP contribution >= 0.6 is 11.6 Å². The van der Waals surface area contributed by atoms with E-state index in [1.54, 1.807) is 22.9 Å². The molecule has 6 heteroatoms. The minimum absolute atomic E-state index is 0.0457. The molecule has 2 aliphatic rings. The number of carbonyl (C=O) groups excluding carboxylic acids is 2. The van der Waals surface area contributed by atoms with Gasteiger partial charge in [-0.3, -0.25) is 14.5 Å². The molecule has 0 saturated carbocycles. The molecule has 124 valence electrons. The first-order valence-corrected chi connectivity index (χ1v) is 8.41. The molecule has 2 atom stereocenters. The molecule has 2 unspecified atom stereocenters. The zero-order valence-corrected chi connectivity index (χ0v) is 14.3. The van der Waals surface area contributed by atoms with E-state index in [0.29, 0.717) is 18.0 Å². The average molecular weight is 336 g/mol. The first kappa shape index (κ1) is 16.3. The normalized spacial score (nSPS) is 25.2. The molecule has 0 bridgehead atoms. The van der Waals surface area contributed by atoms with Gasteiger partial charge in [-0.2, -0.15) is 0 Å². The molecular weight excluding hydrogens is 314 g/mol. The second-order valence-corrected chi connectivity index (χ2v) is 6.74. The number of likely N-dealkylation sites (N-methyl/N-ethyl adjacent to an activating group) is 2. The number of carbonyl (C=O) groups is 2. The Balaban J connectivity index is 1.74. The number of hydrogen-bond acceptors (Lipinski definition) is 3. The summed E-state index contributed by atoms with van der Waals surface area (Å²) in [6.45, 7) is 1.53. The topological polar surface area (TPSA) is 43.9 Å². The molecule has 2 saturated heterocycles. The van der Waals surface area contributed by atoms with E-state index in [1.165, 1.54) is 0 Å². The Kier molecular flexibility index (Phi) is 4.60. The number of hydrogen-bond donors (Lipinski definition) is 0. The average Bonchev–Trinajstić information content (AvgIpc) is 3.12. The van der Waals surface area contributed by atoms with Crippen molar-refractivity contribution >= 4 is 29.1 Å². The van der Waals surface area contributed by atoms with E-state index in [-0.39, 0.29) is 17.9 Å². The summed E-state index contributed by atoms with van der Waals surface area (Å²) in [4.78, 5) is 30.8. The molecule has 1 aromatic carbocycles. The largest absolute Gasteiger partial charge is 0.332 e. The van der Waals surface area contributed by atoms with Crippen LogP contribution in [0.2, 0.25) is 5.02 Å². The van der Waals surface area contributed by atoms with E-state index in [1.807, 2.05) is 25.2 Å². The maximum atomic E-state index is 12.8. The molecule has 1 aromatic rings. The standard InChI is InChI=1S/C17H22ClN3O2/c1-19-10-5-8-14(19)16(22)20(2)15-9-11-21(17(15)23)13-7-4-3-6-12(13)18/h3-4,6-7,14-15H,5,8-11H2,1-2H3. The van der Waals surface area contributed by atoms with Crippen LogP contribution in [-0.2, 0) is 9.59 Å². The van der Waals surface area contributed by atoms with Gasteiger partial charge in [0.2, 0.25) is 11.8 Å². The van der Waals surface area contributed by atoms with Gasteiger partial charge in [-0.25, -0.2) is 0 Å². The number of likely N-dealkylation sites (tertiary alicyclic amines) is 1. The highest BCUT2D eigenvalue weighted by atomic mass is 35.5. The Bertz CT molecular complexity index is 622. The summed E-state index contributed by atoms with van der Waals surface area (Å²) in [5.74, 6) is -0.000964. The molecular formula is C17H22ClN3O2. The van der Waals surface area contributed by atoms with Gasteiger partial charge in [0.1, 0.15) is 6.04 Å². The van der Waals surface area contributed by atoms with Crippen molar-refractivity contribution in [3.05, 3.63) is 29.3 Å². The van der Waals surface area contributed by atoms with E-state index < -0.39 is 6.04 Å². The maximum Gasteiger partial charge on any atom is 0.249 e. The van der Waals surface area contributed by atoms with Gasteiger partial charge in [0, 0.05) is 13.6 Å². The van der Waals surface area contributed by atoms with Gasteiger partial charge in [0.25, 0.3) is 0 Å². The monoisotopic (exact) mass is 335 g/mol. The number of nitrogens with zero attached hydrogens (tertiary/aromatic N) is 3. The fourth-order valence-corrected chi connectivity index (χ4v) is 3.78. The Morgan fingerprint density at radius 1 is 1.26 bits per heavy atom. The Hall–Kier alpha value is -1.59. The number of halogens is 1. The lowest BCUT2D eigenvalue weighted by Gasteiger charge is -2.29. The van der Waals surface area contributed by atoms with Crippen molar-refractivity contribution in [1.29, 1.82) is 0 Å². The van der Waals surface area contributed by atoms with Gasteiger partial charge in [0.15, 0.2) is 0 Å². The summed E-state index contributed by atoms with van der Waals surface area (Å²) >= 11 is 6.20. The van der Waals surface area contributed by atoms with Crippen LogP contribution in [-0.4, -0.2) is 60.9 Å². The molecule has 2 amide bonds. The molecule has 2 aliphatic heterocycles. The maximum absolute atomic E-state index is 12.8. The van der Waals surface area contributed by atoms with Crippen molar-refractivity contribution in [2.45, 2.75) is 31.3 Å². The molecule has 0 radical (unpaired) electrons. The smallest absolute Gasteiger partial charge is 0.249 e. The van der Waals surface area contributed by atoms with Crippen LogP contribution in [0.5, 0.6) is 0 Å². The summed E-state index contributed by atoms with van der Waals surface area (Å²) in [6, 6.07) is 6.84. The van der Waals surface area contributed by atoms with Gasteiger partial charge in [-0.15, -0.1) is 0 Å². The van der Waals surface area contributed by atoms with Gasteiger partial charge in [-0.1, -0.05) is 23.7 Å². The predicted octanol–water partition coefficient (Wildman–Crippen LogP) is 2.00. The number of amides is 2. The van der Waals surface area contributed by atoms with E-state index >= 15 is 0 Å². The Morgan fingerprint density at radius 2 is 2.00 bits per heavy atom. The molecule has 5 nitrogen and oxygen atoms in total. The van der Waals surface area contributed by atoms with Crippen molar-refractivity contribution in [1.82, 2.24) is 9.80 Å². The van der Waals surface area contributed by atoms with Crippen LogP contribution in [0, 0.1) is 0 Å². The molecule has 2 heterocycles. The molecule has 0 spiro atoms. The van der Waals surface area contributed by atoms with Gasteiger partial charge in [-0.05, 0) is 45.0 Å². The fourth-order valence-electron chi connectivity index (χ4n) is 3.54. The minimum Gasteiger partial charge on any atom is -0.332 e.